The van der Waals surface area contributed by atoms with E-state index in [2.05, 4.69) is 24.5 Å². The molecule has 0 radical (unpaired) electrons. The van der Waals surface area contributed by atoms with Crippen LogP contribution in [0, 0.1) is 0 Å². The lowest BCUT2D eigenvalue weighted by Crippen LogP contribution is -2.07. The highest BCUT2D eigenvalue weighted by Crippen LogP contribution is 2.08. The van der Waals surface area contributed by atoms with E-state index < -0.39 is 0 Å². The normalized spacial score (nSPS) is 12.7. The van der Waals surface area contributed by atoms with Gasteiger partial charge >= 0.3 is 0 Å². The highest BCUT2D eigenvalue weighted by Gasteiger charge is 2.00. The van der Waals surface area contributed by atoms with Crippen molar-refractivity contribution in [3.63, 3.8) is 0 Å². The van der Waals surface area contributed by atoms with Crippen LogP contribution in [0.25, 0.3) is 0 Å². The minimum atomic E-state index is 0.309. The number of nitrogens with one attached hydrogen (secondary N) is 1. The fraction of sp³-hybridized carbons (Fsp3) is 0.500. The molecule has 0 fully saturated rings. The molecule has 3 heteroatoms. The first-order valence-corrected chi connectivity index (χ1v) is 5.24. The van der Waals surface area contributed by atoms with Crippen LogP contribution in [0.1, 0.15) is 24.5 Å². The van der Waals surface area contributed by atoms with Crippen LogP contribution in [0.15, 0.2) is 24.3 Å². The lowest BCUT2D eigenvalue weighted by Gasteiger charge is -2.09. The van der Waals surface area contributed by atoms with E-state index in [1.54, 1.807) is 7.11 Å². The summed E-state index contributed by atoms with van der Waals surface area (Å²) in [6, 6.07) is 8.23. The van der Waals surface area contributed by atoms with Gasteiger partial charge in [0.25, 0.3) is 0 Å². The predicted molar refractivity (Wildman–Crippen MR) is 59.9 cm³/mol. The Morgan fingerprint density at radius 2 is 1.87 bits per heavy atom. The monoisotopic (exact) mass is 209 g/mol. The predicted octanol–water partition coefficient (Wildman–Crippen LogP) is 2.13. The zero-order chi connectivity index (χ0) is 11.1. The van der Waals surface area contributed by atoms with E-state index in [1.807, 2.05) is 12.1 Å². The summed E-state index contributed by atoms with van der Waals surface area (Å²) in [5.41, 5.74) is 4.53. The van der Waals surface area contributed by atoms with Crippen molar-refractivity contribution in [1.82, 2.24) is 5.48 Å². The van der Waals surface area contributed by atoms with Gasteiger partial charge in [-0.25, -0.2) is 5.48 Å². The fourth-order valence-electron chi connectivity index (χ4n) is 1.40. The molecule has 0 amide bonds. The van der Waals surface area contributed by atoms with Gasteiger partial charge in [0.1, 0.15) is 0 Å². The Morgan fingerprint density at radius 3 is 2.40 bits per heavy atom. The molecule has 0 aliphatic carbocycles. The molecule has 84 valence electrons. The molecule has 0 aliphatic rings. The number of methoxy groups -OCH3 is 1. The third kappa shape index (κ3) is 4.42. The van der Waals surface area contributed by atoms with Crippen LogP contribution in [0.2, 0.25) is 0 Å². The Kier molecular flexibility index (Phi) is 5.32. The summed E-state index contributed by atoms with van der Waals surface area (Å²) in [4.78, 5) is 0. The van der Waals surface area contributed by atoms with E-state index in [1.165, 1.54) is 5.56 Å². The Labute approximate surface area is 91.0 Å². The molecule has 0 spiro atoms. The fourth-order valence-corrected chi connectivity index (χ4v) is 1.40. The van der Waals surface area contributed by atoms with Crippen molar-refractivity contribution in [2.24, 2.45) is 0 Å². The first-order chi connectivity index (χ1) is 7.26. The second-order valence-corrected chi connectivity index (χ2v) is 3.74. The van der Waals surface area contributed by atoms with Gasteiger partial charge in [-0.3, -0.25) is 0 Å². The van der Waals surface area contributed by atoms with Crippen LogP contribution < -0.4 is 5.48 Å². The molecule has 1 aromatic carbocycles. The number of hydroxylamine groups is 1. The third-order valence-electron chi connectivity index (χ3n) is 2.55. The highest BCUT2D eigenvalue weighted by molar-refractivity contribution is 5.22. The van der Waals surface area contributed by atoms with Crippen molar-refractivity contribution in [3.05, 3.63) is 35.4 Å². The van der Waals surface area contributed by atoms with E-state index in [9.17, 15) is 0 Å². The van der Waals surface area contributed by atoms with Crippen LogP contribution in [0.5, 0.6) is 0 Å². The molecule has 1 unspecified atom stereocenters. The van der Waals surface area contributed by atoms with Crippen molar-refractivity contribution in [2.45, 2.75) is 32.4 Å². The van der Waals surface area contributed by atoms with Crippen LogP contribution in [-0.2, 0) is 17.7 Å². The molecule has 0 aromatic heterocycles. The summed E-state index contributed by atoms with van der Waals surface area (Å²) >= 11 is 0. The molecule has 0 aliphatic heterocycles. The molecular weight excluding hydrogens is 190 g/mol. The van der Waals surface area contributed by atoms with E-state index >= 15 is 0 Å². The Morgan fingerprint density at radius 1 is 1.27 bits per heavy atom. The lowest BCUT2D eigenvalue weighted by atomic mass is 10.1. The molecule has 3 nitrogen and oxygen atoms in total. The van der Waals surface area contributed by atoms with Gasteiger partial charge in [-0.2, -0.15) is 0 Å². The van der Waals surface area contributed by atoms with E-state index in [-0.39, 0.29) is 0 Å². The molecule has 0 saturated carbocycles. The number of hydrogen-bond donors (Lipinski definition) is 2. The maximum absolute atomic E-state index is 8.53. The van der Waals surface area contributed by atoms with Gasteiger partial charge in [0.05, 0.1) is 6.10 Å². The van der Waals surface area contributed by atoms with Gasteiger partial charge in [-0.05, 0) is 30.9 Å². The lowest BCUT2D eigenvalue weighted by molar-refractivity contribution is 0.111. The van der Waals surface area contributed by atoms with Crippen LogP contribution in [-0.4, -0.2) is 18.4 Å². The second-order valence-electron chi connectivity index (χ2n) is 3.74. The Bertz CT molecular complexity index is 271. The van der Waals surface area contributed by atoms with Crippen LogP contribution in [0.3, 0.4) is 0 Å². The first-order valence-electron chi connectivity index (χ1n) is 5.24. The SMILES string of the molecule is COC(C)CCc1ccc(CNO)cc1. The van der Waals surface area contributed by atoms with Gasteiger partial charge in [0, 0.05) is 13.7 Å². The molecule has 0 bridgehead atoms. The Hall–Kier alpha value is -0.900. The maximum Gasteiger partial charge on any atom is 0.0546 e. The number of rotatable bonds is 6. The summed E-state index contributed by atoms with van der Waals surface area (Å²) < 4.78 is 5.19. The quantitative estimate of drug-likeness (QED) is 0.705. The van der Waals surface area contributed by atoms with Gasteiger partial charge in [0.15, 0.2) is 0 Å². The molecule has 1 atom stereocenters. The average molecular weight is 209 g/mol. The van der Waals surface area contributed by atoms with Crippen molar-refractivity contribution in [3.8, 4) is 0 Å². The zero-order valence-electron chi connectivity index (χ0n) is 9.36. The molecule has 2 N–H and O–H groups in total. The largest absolute Gasteiger partial charge is 0.382 e. The highest BCUT2D eigenvalue weighted by atomic mass is 16.5. The standard InChI is InChI=1S/C12H19NO2/c1-10(15-2)3-4-11-5-7-12(8-6-11)9-13-14/h5-8,10,13-14H,3-4,9H2,1-2H3. The summed E-state index contributed by atoms with van der Waals surface area (Å²) in [7, 11) is 1.74. The van der Waals surface area contributed by atoms with Crippen molar-refractivity contribution < 1.29 is 9.94 Å². The average Bonchev–Trinajstić information content (AvgIpc) is 2.28. The summed E-state index contributed by atoms with van der Waals surface area (Å²) in [6.45, 7) is 2.57. The van der Waals surface area contributed by atoms with Crippen molar-refractivity contribution in [2.75, 3.05) is 7.11 Å². The van der Waals surface area contributed by atoms with Gasteiger partial charge in [-0.1, -0.05) is 24.3 Å². The van der Waals surface area contributed by atoms with Crippen molar-refractivity contribution in [1.29, 1.82) is 0 Å². The van der Waals surface area contributed by atoms with E-state index in [0.29, 0.717) is 12.6 Å². The molecule has 15 heavy (non-hydrogen) atoms. The van der Waals surface area contributed by atoms with Gasteiger partial charge in [0.2, 0.25) is 0 Å². The van der Waals surface area contributed by atoms with Gasteiger partial charge in [-0.15, -0.1) is 0 Å². The smallest absolute Gasteiger partial charge is 0.0546 e. The topological polar surface area (TPSA) is 41.5 Å². The number of ether oxygens (including phenoxy) is 1. The minimum absolute atomic E-state index is 0.309. The Balaban J connectivity index is 2.42. The number of hydrogen-bond acceptors (Lipinski definition) is 3. The molecule has 1 aromatic rings. The maximum atomic E-state index is 8.53. The zero-order valence-corrected chi connectivity index (χ0v) is 9.36. The van der Waals surface area contributed by atoms with Crippen LogP contribution in [0.4, 0.5) is 0 Å². The number of benzene rings is 1. The van der Waals surface area contributed by atoms with Gasteiger partial charge < -0.3 is 9.94 Å². The summed E-state index contributed by atoms with van der Waals surface area (Å²) in [5.74, 6) is 0. The molecule has 0 heterocycles. The van der Waals surface area contributed by atoms with E-state index in [4.69, 9.17) is 9.94 Å². The summed E-state index contributed by atoms with van der Waals surface area (Å²) in [6.07, 6.45) is 2.37. The van der Waals surface area contributed by atoms with Crippen molar-refractivity contribution >= 4 is 0 Å². The molecular formula is C12H19NO2. The molecule has 0 saturated heterocycles. The molecule has 1 rings (SSSR count). The third-order valence-corrected chi connectivity index (χ3v) is 2.55. The number of aryl methyl sites for hydroxylation is 1. The second kappa shape index (κ2) is 6.56. The summed E-state index contributed by atoms with van der Waals surface area (Å²) in [5, 5.41) is 8.53. The first kappa shape index (κ1) is 12.2. The minimum Gasteiger partial charge on any atom is -0.382 e. The van der Waals surface area contributed by atoms with E-state index in [0.717, 1.165) is 18.4 Å². The van der Waals surface area contributed by atoms with Crippen LogP contribution >= 0.6 is 0 Å².